The van der Waals surface area contributed by atoms with Crippen LogP contribution < -0.4 is 14.2 Å². The Hall–Kier alpha value is -4.37. The average Bonchev–Trinajstić information content (AvgIpc) is 3.46. The van der Waals surface area contributed by atoms with Gasteiger partial charge in [0.2, 0.25) is 0 Å². The molecule has 5 aromatic rings. The van der Waals surface area contributed by atoms with Crippen molar-refractivity contribution in [2.45, 2.75) is 13.0 Å². The number of esters is 2. The van der Waals surface area contributed by atoms with Crippen LogP contribution in [0.2, 0.25) is 0 Å². The molecule has 0 unspecified atom stereocenters. The fourth-order valence-corrected chi connectivity index (χ4v) is 4.65. The number of carbonyl (C=O) groups is 2. The molecule has 0 saturated heterocycles. The third kappa shape index (κ3) is 5.01. The van der Waals surface area contributed by atoms with Crippen LogP contribution >= 0.6 is 11.3 Å². The number of aromatic nitrogens is 2. The van der Waals surface area contributed by atoms with Gasteiger partial charge < -0.3 is 18.9 Å². The molecule has 0 atom stereocenters. The van der Waals surface area contributed by atoms with Crippen molar-refractivity contribution in [3.05, 3.63) is 78.5 Å². The van der Waals surface area contributed by atoms with E-state index < -0.39 is 18.4 Å². The largest absolute Gasteiger partial charge is 0.497 e. The Morgan fingerprint density at radius 2 is 1.53 bits per heavy atom. The molecule has 3 aromatic carbocycles. The molecule has 0 amide bonds. The van der Waals surface area contributed by atoms with Gasteiger partial charge in [-0.25, -0.2) is 4.98 Å². The number of hydrogen-bond acceptors (Lipinski definition) is 8. The van der Waals surface area contributed by atoms with Crippen molar-refractivity contribution < 1.29 is 28.5 Å². The summed E-state index contributed by atoms with van der Waals surface area (Å²) in [7, 11) is 3.21. The molecule has 182 valence electrons. The van der Waals surface area contributed by atoms with E-state index in [2.05, 4.69) is 0 Å². The minimum Gasteiger partial charge on any atom is -0.497 e. The van der Waals surface area contributed by atoms with E-state index in [-0.39, 0.29) is 6.61 Å². The van der Waals surface area contributed by atoms with Crippen LogP contribution in [0.15, 0.2) is 72.9 Å². The molecule has 9 heteroatoms. The fraction of sp³-hybridized carbons (Fsp3) is 0.148. The Labute approximate surface area is 210 Å². The summed E-state index contributed by atoms with van der Waals surface area (Å²) in [5.74, 6) is 0.482. The lowest BCUT2D eigenvalue weighted by Gasteiger charge is -2.07. The number of hydrogen-bond donors (Lipinski definition) is 0. The van der Waals surface area contributed by atoms with Crippen LogP contribution in [0.3, 0.4) is 0 Å². The van der Waals surface area contributed by atoms with Gasteiger partial charge in [-0.15, -0.1) is 0 Å². The average molecular weight is 503 g/mol. The standard InChI is InChI=1S/C27H22N2O6S/c1-32-19-7-3-17(4-8-19)16-34-25(30)14-26(31)35-21-11-12-24-23(13-21)29-15-22(28-27(29)36-24)18-5-9-20(33-2)10-6-18/h3-13,15H,14,16H2,1-2H3. The predicted molar refractivity (Wildman–Crippen MR) is 136 cm³/mol. The van der Waals surface area contributed by atoms with Gasteiger partial charge in [-0.1, -0.05) is 23.5 Å². The van der Waals surface area contributed by atoms with Gasteiger partial charge >= 0.3 is 11.9 Å². The second-order valence-electron chi connectivity index (χ2n) is 7.90. The van der Waals surface area contributed by atoms with Crippen molar-refractivity contribution in [1.82, 2.24) is 9.38 Å². The number of thiazole rings is 1. The topological polar surface area (TPSA) is 88.4 Å². The molecule has 2 aromatic heterocycles. The summed E-state index contributed by atoms with van der Waals surface area (Å²) in [6.45, 7) is 0.0616. The van der Waals surface area contributed by atoms with Crippen molar-refractivity contribution in [3.8, 4) is 28.5 Å². The first-order valence-corrected chi connectivity index (χ1v) is 11.9. The van der Waals surface area contributed by atoms with Gasteiger partial charge in [0, 0.05) is 17.8 Å². The summed E-state index contributed by atoms with van der Waals surface area (Å²) in [6.07, 6.45) is 1.46. The van der Waals surface area contributed by atoms with E-state index in [1.54, 1.807) is 50.6 Å². The summed E-state index contributed by atoms with van der Waals surface area (Å²) in [5.41, 5.74) is 3.44. The van der Waals surface area contributed by atoms with Crippen molar-refractivity contribution in [1.29, 1.82) is 0 Å². The van der Waals surface area contributed by atoms with Crippen LogP contribution in [0, 0.1) is 0 Å². The Kier molecular flexibility index (Phi) is 6.55. The number of fused-ring (bicyclic) bond motifs is 3. The van der Waals surface area contributed by atoms with Crippen molar-refractivity contribution in [3.63, 3.8) is 0 Å². The number of rotatable bonds is 8. The molecular weight excluding hydrogens is 480 g/mol. The first-order valence-electron chi connectivity index (χ1n) is 11.1. The molecule has 0 aliphatic heterocycles. The van der Waals surface area contributed by atoms with E-state index in [0.717, 1.165) is 37.7 Å². The SMILES string of the molecule is COc1ccc(COC(=O)CC(=O)Oc2ccc3sc4nc(-c5ccc(OC)cc5)cn4c3c2)cc1. The molecule has 0 saturated carbocycles. The van der Waals surface area contributed by atoms with Crippen molar-refractivity contribution in [2.24, 2.45) is 0 Å². The third-order valence-corrected chi connectivity index (χ3v) is 6.57. The lowest BCUT2D eigenvalue weighted by atomic mass is 10.2. The van der Waals surface area contributed by atoms with Gasteiger partial charge in [0.1, 0.15) is 30.3 Å². The normalized spacial score (nSPS) is 10.9. The summed E-state index contributed by atoms with van der Waals surface area (Å²) in [6, 6.07) is 20.1. The minimum atomic E-state index is -0.690. The van der Waals surface area contributed by atoms with E-state index >= 15 is 0 Å². The number of ether oxygens (including phenoxy) is 4. The first-order chi connectivity index (χ1) is 17.5. The van der Waals surface area contributed by atoms with E-state index in [1.165, 1.54) is 11.3 Å². The van der Waals surface area contributed by atoms with E-state index in [4.69, 9.17) is 23.9 Å². The first kappa shape index (κ1) is 23.4. The molecule has 8 nitrogen and oxygen atoms in total. The number of nitrogens with zero attached hydrogens (tertiary/aromatic N) is 2. The van der Waals surface area contributed by atoms with Gasteiger partial charge in [-0.2, -0.15) is 0 Å². The second kappa shape index (κ2) is 10.1. The summed E-state index contributed by atoms with van der Waals surface area (Å²) in [5, 5.41) is 0. The highest BCUT2D eigenvalue weighted by atomic mass is 32.1. The Balaban J connectivity index is 1.24. The minimum absolute atomic E-state index is 0.0616. The Bertz CT molecular complexity index is 1540. The second-order valence-corrected chi connectivity index (χ2v) is 8.91. The van der Waals surface area contributed by atoms with Crippen LogP contribution in [-0.4, -0.2) is 35.5 Å². The van der Waals surface area contributed by atoms with Crippen molar-refractivity contribution in [2.75, 3.05) is 14.2 Å². The molecule has 0 fully saturated rings. The summed E-state index contributed by atoms with van der Waals surface area (Å²) in [4.78, 5) is 30.0. The predicted octanol–water partition coefficient (Wildman–Crippen LogP) is 5.27. The highest BCUT2D eigenvalue weighted by Crippen LogP contribution is 2.32. The van der Waals surface area contributed by atoms with Crippen LogP contribution in [0.5, 0.6) is 17.2 Å². The van der Waals surface area contributed by atoms with E-state index in [1.807, 2.05) is 40.9 Å². The Morgan fingerprint density at radius 1 is 0.861 bits per heavy atom. The van der Waals surface area contributed by atoms with Crippen LogP contribution in [0.1, 0.15) is 12.0 Å². The van der Waals surface area contributed by atoms with Gasteiger partial charge in [0.15, 0.2) is 4.96 Å². The van der Waals surface area contributed by atoms with Crippen LogP contribution in [0.4, 0.5) is 0 Å². The van der Waals surface area contributed by atoms with E-state index in [0.29, 0.717) is 11.5 Å². The maximum Gasteiger partial charge on any atom is 0.322 e. The fourth-order valence-electron chi connectivity index (χ4n) is 3.66. The van der Waals surface area contributed by atoms with Crippen LogP contribution in [-0.2, 0) is 20.9 Å². The number of benzene rings is 3. The van der Waals surface area contributed by atoms with Gasteiger partial charge in [-0.3, -0.25) is 14.0 Å². The molecule has 0 aliphatic rings. The molecule has 2 heterocycles. The van der Waals surface area contributed by atoms with Gasteiger partial charge in [0.05, 0.1) is 30.1 Å². The monoisotopic (exact) mass is 502 g/mol. The molecule has 0 bridgehead atoms. The maximum absolute atomic E-state index is 12.3. The quantitative estimate of drug-likeness (QED) is 0.162. The lowest BCUT2D eigenvalue weighted by Crippen LogP contribution is -2.16. The number of imidazole rings is 1. The summed E-state index contributed by atoms with van der Waals surface area (Å²) >= 11 is 1.53. The Morgan fingerprint density at radius 3 is 2.22 bits per heavy atom. The zero-order chi connectivity index (χ0) is 25.1. The van der Waals surface area contributed by atoms with Gasteiger partial charge in [-0.05, 0) is 54.1 Å². The van der Waals surface area contributed by atoms with Crippen LogP contribution in [0.25, 0.3) is 26.4 Å². The van der Waals surface area contributed by atoms with Gasteiger partial charge in [0.25, 0.3) is 0 Å². The number of carbonyl (C=O) groups excluding carboxylic acids is 2. The molecular formula is C27H22N2O6S. The lowest BCUT2D eigenvalue weighted by molar-refractivity contribution is -0.151. The highest BCUT2D eigenvalue weighted by Gasteiger charge is 2.16. The zero-order valence-corrected chi connectivity index (χ0v) is 20.4. The molecule has 0 N–H and O–H groups in total. The molecule has 0 aliphatic carbocycles. The highest BCUT2D eigenvalue weighted by molar-refractivity contribution is 7.23. The van der Waals surface area contributed by atoms with Crippen molar-refractivity contribution >= 4 is 38.5 Å². The summed E-state index contributed by atoms with van der Waals surface area (Å²) < 4.78 is 23.9. The molecule has 0 radical (unpaired) electrons. The van der Waals surface area contributed by atoms with E-state index in [9.17, 15) is 9.59 Å². The molecule has 5 rings (SSSR count). The maximum atomic E-state index is 12.3. The third-order valence-electron chi connectivity index (χ3n) is 5.53. The smallest absolute Gasteiger partial charge is 0.322 e. The molecule has 0 spiro atoms. The number of methoxy groups -OCH3 is 2. The zero-order valence-electron chi connectivity index (χ0n) is 19.6. The molecule has 36 heavy (non-hydrogen) atoms.